The number of hydrogen-bond donors (Lipinski definition) is 3. The Balaban J connectivity index is 1.48. The molecule has 0 spiro atoms. The highest BCUT2D eigenvalue weighted by molar-refractivity contribution is 7.90. The number of para-hydroxylation sites is 1. The van der Waals surface area contributed by atoms with Crippen LogP contribution < -0.4 is 20.1 Å². The molecule has 4 aromatic rings. The standard InChI is InChI=1S/C38H41ClN6O6S2/c1-5-41-27-16-19-30(24(2)21-27)42-36(37-43-31-18-15-26(39)22-35(31)53(49,50)45(37)4)38(46)44-32-23-28(52(47,48)40-3)17-20-34(32)51-33-14-10-9-13-29(33)25-11-7-6-8-12-25/h9-10,13-23,25,40-41H,5-8,11-12H2,1-4H3,(H,44,46). The van der Waals surface area contributed by atoms with E-state index in [1.807, 2.05) is 44.2 Å². The summed E-state index contributed by atoms with van der Waals surface area (Å²) >= 11 is 6.15. The smallest absolute Gasteiger partial charge is 0.278 e. The van der Waals surface area contributed by atoms with E-state index in [1.54, 1.807) is 12.1 Å². The first-order chi connectivity index (χ1) is 25.3. The molecule has 1 amide bonds. The predicted octanol–water partition coefficient (Wildman–Crippen LogP) is 7.90. The van der Waals surface area contributed by atoms with Gasteiger partial charge in [0.05, 0.1) is 22.0 Å². The van der Waals surface area contributed by atoms with Crippen molar-refractivity contribution in [3.05, 3.63) is 95.0 Å². The highest BCUT2D eigenvalue weighted by Crippen LogP contribution is 2.41. The number of nitrogens with one attached hydrogen (secondary N) is 3. The maximum atomic E-state index is 14.6. The topological polar surface area (TPSA) is 159 Å². The van der Waals surface area contributed by atoms with Crippen LogP contribution in [0.3, 0.4) is 0 Å². The van der Waals surface area contributed by atoms with E-state index in [4.69, 9.17) is 21.3 Å². The SMILES string of the molecule is CCNc1ccc(N=C(C(=O)Nc2cc(S(=O)(=O)NC)ccc2Oc2ccccc2C2CCCCC2)C2=Nc3ccc(Cl)cc3S(=O)(=O)N2C)c(C)c1. The van der Waals surface area contributed by atoms with Crippen molar-refractivity contribution in [1.29, 1.82) is 0 Å². The quantitative estimate of drug-likeness (QED) is 0.131. The monoisotopic (exact) mass is 776 g/mol. The molecule has 0 atom stereocenters. The molecule has 6 rings (SSSR count). The molecule has 278 valence electrons. The zero-order valence-corrected chi connectivity index (χ0v) is 32.2. The molecule has 1 heterocycles. The third-order valence-corrected chi connectivity index (χ3v) is 12.7. The van der Waals surface area contributed by atoms with Crippen molar-refractivity contribution in [2.24, 2.45) is 9.98 Å². The molecular formula is C38H41ClN6O6S2. The highest BCUT2D eigenvalue weighted by atomic mass is 35.5. The van der Waals surface area contributed by atoms with E-state index in [0.717, 1.165) is 41.2 Å². The van der Waals surface area contributed by atoms with Crippen LogP contribution in [0.1, 0.15) is 56.1 Å². The summed E-state index contributed by atoms with van der Waals surface area (Å²) in [5.41, 5.74) is 2.71. The lowest BCUT2D eigenvalue weighted by Crippen LogP contribution is -2.44. The van der Waals surface area contributed by atoms with Crippen LogP contribution in [0.2, 0.25) is 5.02 Å². The first-order valence-electron chi connectivity index (χ1n) is 17.3. The molecule has 53 heavy (non-hydrogen) atoms. The van der Waals surface area contributed by atoms with Gasteiger partial charge in [-0.3, -0.25) is 9.10 Å². The van der Waals surface area contributed by atoms with Gasteiger partial charge in [-0.1, -0.05) is 49.1 Å². The van der Waals surface area contributed by atoms with Crippen LogP contribution in [0.25, 0.3) is 0 Å². The van der Waals surface area contributed by atoms with Gasteiger partial charge in [0.1, 0.15) is 10.6 Å². The van der Waals surface area contributed by atoms with Gasteiger partial charge >= 0.3 is 0 Å². The van der Waals surface area contributed by atoms with Crippen LogP contribution in [-0.4, -0.2) is 59.2 Å². The highest BCUT2D eigenvalue weighted by Gasteiger charge is 2.37. The number of nitrogens with zero attached hydrogens (tertiary/aromatic N) is 3. The molecule has 0 bridgehead atoms. The minimum atomic E-state index is -4.22. The second-order valence-corrected chi connectivity index (χ2v) is 17.1. The number of carbonyl (C=O) groups excluding carboxylic acids is 1. The van der Waals surface area contributed by atoms with Gasteiger partial charge in [0.2, 0.25) is 10.0 Å². The Labute approximate surface area is 315 Å². The number of halogens is 1. The van der Waals surface area contributed by atoms with Gasteiger partial charge in [0.15, 0.2) is 17.3 Å². The van der Waals surface area contributed by atoms with E-state index in [2.05, 4.69) is 20.3 Å². The van der Waals surface area contributed by atoms with E-state index in [1.165, 1.54) is 56.9 Å². The number of benzene rings is 4. The summed E-state index contributed by atoms with van der Waals surface area (Å²) in [5.74, 6) is -0.0577. The summed E-state index contributed by atoms with van der Waals surface area (Å²) < 4.78 is 63.2. The van der Waals surface area contributed by atoms with Crippen LogP contribution in [0.15, 0.2) is 98.6 Å². The number of sulfonamides is 2. The molecular weight excluding hydrogens is 736 g/mol. The van der Waals surface area contributed by atoms with Crippen LogP contribution in [0.5, 0.6) is 11.5 Å². The summed E-state index contributed by atoms with van der Waals surface area (Å²) in [6, 6.07) is 21.5. The molecule has 0 radical (unpaired) electrons. The summed E-state index contributed by atoms with van der Waals surface area (Å²) in [7, 11) is -5.61. The Morgan fingerprint density at radius 1 is 1.00 bits per heavy atom. The Morgan fingerprint density at radius 2 is 1.75 bits per heavy atom. The molecule has 0 aromatic heterocycles. The maximum absolute atomic E-state index is 14.6. The number of ether oxygens (including phenoxy) is 1. The number of anilines is 2. The normalized spacial score (nSPS) is 16.1. The van der Waals surface area contributed by atoms with Crippen molar-refractivity contribution in [1.82, 2.24) is 9.03 Å². The summed E-state index contributed by atoms with van der Waals surface area (Å²) in [5, 5.41) is 6.23. The Kier molecular flexibility index (Phi) is 11.2. The summed E-state index contributed by atoms with van der Waals surface area (Å²) in [4.78, 5) is 23.6. The molecule has 1 aliphatic carbocycles. The lowest BCUT2D eigenvalue weighted by molar-refractivity contribution is -0.110. The van der Waals surface area contributed by atoms with E-state index in [0.29, 0.717) is 29.5 Å². The molecule has 1 aliphatic heterocycles. The zero-order chi connectivity index (χ0) is 37.9. The zero-order valence-electron chi connectivity index (χ0n) is 29.8. The third kappa shape index (κ3) is 8.10. The number of rotatable bonds is 11. The van der Waals surface area contributed by atoms with Gasteiger partial charge in [-0.25, -0.2) is 31.5 Å². The lowest BCUT2D eigenvalue weighted by atomic mass is 9.84. The van der Waals surface area contributed by atoms with Crippen molar-refractivity contribution in [3.8, 4) is 11.5 Å². The number of hydrogen-bond acceptors (Lipinski definition) is 9. The number of aryl methyl sites for hydroxylation is 1. The minimum Gasteiger partial charge on any atom is -0.455 e. The van der Waals surface area contributed by atoms with Gasteiger partial charge in [0, 0.05) is 24.3 Å². The molecule has 1 saturated carbocycles. The number of amides is 1. The Hall–Kier alpha value is -4.76. The van der Waals surface area contributed by atoms with Crippen LogP contribution >= 0.6 is 11.6 Å². The van der Waals surface area contributed by atoms with Gasteiger partial charge in [-0.15, -0.1) is 0 Å². The van der Waals surface area contributed by atoms with E-state index < -0.39 is 26.0 Å². The lowest BCUT2D eigenvalue weighted by Gasteiger charge is -2.27. The minimum absolute atomic E-state index is 0.0192. The van der Waals surface area contributed by atoms with E-state index in [-0.39, 0.29) is 43.5 Å². The largest absolute Gasteiger partial charge is 0.455 e. The number of fused-ring (bicyclic) bond motifs is 1. The Bertz CT molecular complexity index is 2340. The number of amidine groups is 1. The maximum Gasteiger partial charge on any atom is 0.278 e. The van der Waals surface area contributed by atoms with Crippen LogP contribution in [0.4, 0.5) is 22.7 Å². The second-order valence-electron chi connectivity index (χ2n) is 12.8. The first-order valence-corrected chi connectivity index (χ1v) is 20.6. The van der Waals surface area contributed by atoms with Crippen molar-refractivity contribution in [2.45, 2.75) is 61.7 Å². The van der Waals surface area contributed by atoms with Crippen molar-refractivity contribution in [3.63, 3.8) is 0 Å². The van der Waals surface area contributed by atoms with Crippen LogP contribution in [0, 0.1) is 6.92 Å². The van der Waals surface area contributed by atoms with Gasteiger partial charge in [0.25, 0.3) is 15.9 Å². The van der Waals surface area contributed by atoms with E-state index >= 15 is 0 Å². The average Bonchev–Trinajstić information content (AvgIpc) is 3.14. The molecule has 0 saturated heterocycles. The molecule has 1 fully saturated rings. The first kappa shape index (κ1) is 38.0. The van der Waals surface area contributed by atoms with Gasteiger partial charge in [-0.2, -0.15) is 0 Å². The molecule has 12 nitrogen and oxygen atoms in total. The number of carbonyl (C=O) groups is 1. The summed E-state index contributed by atoms with van der Waals surface area (Å²) in [6.45, 7) is 4.48. The fourth-order valence-corrected chi connectivity index (χ4v) is 8.75. The fraction of sp³-hybridized carbons (Fsp3) is 0.289. The average molecular weight is 777 g/mol. The van der Waals surface area contributed by atoms with Gasteiger partial charge in [-0.05, 0) is 111 Å². The second kappa shape index (κ2) is 15.7. The fourth-order valence-electron chi connectivity index (χ4n) is 6.46. The summed E-state index contributed by atoms with van der Waals surface area (Å²) in [6.07, 6.45) is 5.45. The van der Waals surface area contributed by atoms with E-state index in [9.17, 15) is 21.6 Å². The van der Waals surface area contributed by atoms with Crippen molar-refractivity contribution >= 4 is 71.9 Å². The third-order valence-electron chi connectivity index (χ3n) is 9.28. The molecule has 15 heteroatoms. The van der Waals surface area contributed by atoms with Crippen LogP contribution in [-0.2, 0) is 24.8 Å². The van der Waals surface area contributed by atoms with Crippen molar-refractivity contribution in [2.75, 3.05) is 31.3 Å². The molecule has 0 unspecified atom stereocenters. The number of aliphatic imine (C=N–C) groups is 2. The Morgan fingerprint density at radius 3 is 2.47 bits per heavy atom. The molecule has 2 aliphatic rings. The molecule has 4 aromatic carbocycles. The predicted molar refractivity (Wildman–Crippen MR) is 210 cm³/mol. The molecule has 3 N–H and O–H groups in total. The van der Waals surface area contributed by atoms with Crippen molar-refractivity contribution < 1.29 is 26.4 Å². The van der Waals surface area contributed by atoms with Gasteiger partial charge < -0.3 is 15.4 Å².